The van der Waals surface area contributed by atoms with E-state index in [0.717, 1.165) is 13.0 Å². The zero-order valence-electron chi connectivity index (χ0n) is 12.6. The highest BCUT2D eigenvalue weighted by Crippen LogP contribution is 2.33. The second-order valence-electron chi connectivity index (χ2n) is 4.13. The number of rotatable bonds is 6. The van der Waals surface area contributed by atoms with Gasteiger partial charge < -0.3 is 24.8 Å². The molecule has 0 aliphatic rings. The molecule has 6 nitrogen and oxygen atoms in total. The van der Waals surface area contributed by atoms with E-state index in [2.05, 4.69) is 10.6 Å². The number of hydrogen-bond acceptors (Lipinski definition) is 5. The van der Waals surface area contributed by atoms with Crippen molar-refractivity contribution in [3.05, 3.63) is 17.7 Å². The smallest absolute Gasteiger partial charge is 0.340 e. The molecule has 7 heteroatoms. The molecule has 0 saturated heterocycles. The minimum Gasteiger partial charge on any atom is -0.493 e. The van der Waals surface area contributed by atoms with Crippen LogP contribution in [-0.2, 0) is 4.74 Å². The molecule has 0 fully saturated rings. The second-order valence-corrected chi connectivity index (χ2v) is 4.53. The summed E-state index contributed by atoms with van der Waals surface area (Å²) in [6.45, 7) is 2.78. The minimum atomic E-state index is -0.489. The lowest BCUT2D eigenvalue weighted by Gasteiger charge is -2.16. The summed E-state index contributed by atoms with van der Waals surface area (Å²) in [5.41, 5.74) is 0.809. The molecule has 0 saturated carbocycles. The van der Waals surface area contributed by atoms with Gasteiger partial charge in [-0.05, 0) is 18.6 Å². The van der Waals surface area contributed by atoms with Crippen LogP contribution in [0.5, 0.6) is 11.5 Å². The van der Waals surface area contributed by atoms with E-state index in [9.17, 15) is 4.79 Å². The SMILES string of the molecule is CCCNC(=S)Nc1cc(OC)c(OC)cc1C(=O)OC. The topological polar surface area (TPSA) is 68.8 Å². The van der Waals surface area contributed by atoms with Gasteiger partial charge in [0.25, 0.3) is 0 Å². The third-order valence-corrected chi connectivity index (χ3v) is 2.96. The van der Waals surface area contributed by atoms with Crippen molar-refractivity contribution in [1.29, 1.82) is 0 Å². The van der Waals surface area contributed by atoms with E-state index >= 15 is 0 Å². The summed E-state index contributed by atoms with van der Waals surface area (Å²) in [4.78, 5) is 11.9. The van der Waals surface area contributed by atoms with Gasteiger partial charge in [0.1, 0.15) is 0 Å². The number of esters is 1. The van der Waals surface area contributed by atoms with Crippen LogP contribution in [-0.4, -0.2) is 39.0 Å². The summed E-state index contributed by atoms with van der Waals surface area (Å²) in [6, 6.07) is 3.19. The van der Waals surface area contributed by atoms with Crippen molar-refractivity contribution in [3.63, 3.8) is 0 Å². The first-order valence-corrected chi connectivity index (χ1v) is 6.87. The molecular formula is C14H20N2O4S. The first-order valence-electron chi connectivity index (χ1n) is 6.46. The van der Waals surface area contributed by atoms with Gasteiger partial charge in [0, 0.05) is 18.7 Å². The zero-order valence-corrected chi connectivity index (χ0v) is 13.4. The fourth-order valence-electron chi connectivity index (χ4n) is 1.67. The van der Waals surface area contributed by atoms with E-state index in [-0.39, 0.29) is 0 Å². The Hall–Kier alpha value is -2.02. The number of anilines is 1. The van der Waals surface area contributed by atoms with Crippen LogP contribution in [0.3, 0.4) is 0 Å². The van der Waals surface area contributed by atoms with Crippen molar-refractivity contribution in [1.82, 2.24) is 5.32 Å². The molecule has 0 radical (unpaired) electrons. The van der Waals surface area contributed by atoms with Crippen LogP contribution in [0.25, 0.3) is 0 Å². The molecule has 0 amide bonds. The molecule has 0 unspecified atom stereocenters. The number of ether oxygens (including phenoxy) is 3. The quantitative estimate of drug-likeness (QED) is 0.616. The van der Waals surface area contributed by atoms with Crippen LogP contribution in [0.2, 0.25) is 0 Å². The van der Waals surface area contributed by atoms with Crippen LogP contribution in [0.15, 0.2) is 12.1 Å². The Morgan fingerprint density at radius 2 is 1.81 bits per heavy atom. The Morgan fingerprint density at radius 3 is 2.33 bits per heavy atom. The normalized spacial score (nSPS) is 9.71. The molecule has 116 valence electrons. The standard InChI is InChI=1S/C14H20N2O4S/c1-5-6-15-14(21)16-10-8-12(19-3)11(18-2)7-9(10)13(17)20-4/h7-8H,5-6H2,1-4H3,(H2,15,16,21). The number of methoxy groups -OCH3 is 3. The molecule has 1 aromatic carbocycles. The number of nitrogens with one attached hydrogen (secondary N) is 2. The number of hydrogen-bond donors (Lipinski definition) is 2. The molecule has 0 aromatic heterocycles. The van der Waals surface area contributed by atoms with Gasteiger partial charge in [-0.25, -0.2) is 4.79 Å². The summed E-state index contributed by atoms with van der Waals surface area (Å²) in [6.07, 6.45) is 0.942. The second kappa shape index (κ2) is 8.31. The molecule has 2 N–H and O–H groups in total. The lowest BCUT2D eigenvalue weighted by Crippen LogP contribution is -2.29. The predicted octanol–water partition coefficient (Wildman–Crippen LogP) is 2.19. The first-order chi connectivity index (χ1) is 10.1. The van der Waals surface area contributed by atoms with E-state index < -0.39 is 5.97 Å². The average Bonchev–Trinajstić information content (AvgIpc) is 2.51. The van der Waals surface area contributed by atoms with E-state index in [1.807, 2.05) is 6.92 Å². The lowest BCUT2D eigenvalue weighted by molar-refractivity contribution is 0.0601. The van der Waals surface area contributed by atoms with E-state index in [4.69, 9.17) is 26.4 Å². The maximum absolute atomic E-state index is 11.9. The number of thiocarbonyl (C=S) groups is 1. The summed E-state index contributed by atoms with van der Waals surface area (Å²) in [5.74, 6) is 0.443. The van der Waals surface area contributed by atoms with Gasteiger partial charge in [-0.2, -0.15) is 0 Å². The maximum Gasteiger partial charge on any atom is 0.340 e. The van der Waals surface area contributed by atoms with Crippen LogP contribution < -0.4 is 20.1 Å². The Balaban J connectivity index is 3.14. The lowest BCUT2D eigenvalue weighted by atomic mass is 10.1. The molecule has 0 bridgehead atoms. The fourth-order valence-corrected chi connectivity index (χ4v) is 1.88. The highest BCUT2D eigenvalue weighted by molar-refractivity contribution is 7.80. The van der Waals surface area contributed by atoms with E-state index in [0.29, 0.717) is 27.9 Å². The van der Waals surface area contributed by atoms with Crippen molar-refractivity contribution in [2.24, 2.45) is 0 Å². The summed E-state index contributed by atoms with van der Waals surface area (Å²) < 4.78 is 15.2. The van der Waals surface area contributed by atoms with Gasteiger partial charge >= 0.3 is 5.97 Å². The van der Waals surface area contributed by atoms with Crippen molar-refractivity contribution in [3.8, 4) is 11.5 Å². The minimum absolute atomic E-state index is 0.316. The van der Waals surface area contributed by atoms with Gasteiger partial charge in [-0.15, -0.1) is 0 Å². The first kappa shape index (κ1) is 17.0. The Morgan fingerprint density at radius 1 is 1.19 bits per heavy atom. The number of benzene rings is 1. The summed E-state index contributed by atoms with van der Waals surface area (Å²) in [5, 5.41) is 6.42. The molecule has 1 rings (SSSR count). The third kappa shape index (κ3) is 4.49. The van der Waals surface area contributed by atoms with Crippen molar-refractivity contribution >= 4 is 29.0 Å². The van der Waals surface area contributed by atoms with Gasteiger partial charge in [0.15, 0.2) is 16.6 Å². The molecule has 0 spiro atoms. The third-order valence-electron chi connectivity index (χ3n) is 2.71. The monoisotopic (exact) mass is 312 g/mol. The fraction of sp³-hybridized carbons (Fsp3) is 0.429. The van der Waals surface area contributed by atoms with Gasteiger partial charge in [0.05, 0.1) is 32.6 Å². The maximum atomic E-state index is 11.9. The van der Waals surface area contributed by atoms with Crippen LogP contribution >= 0.6 is 12.2 Å². The van der Waals surface area contributed by atoms with Gasteiger partial charge in [-0.1, -0.05) is 6.92 Å². The Labute approximate surface area is 129 Å². The van der Waals surface area contributed by atoms with Crippen LogP contribution in [0, 0.1) is 0 Å². The van der Waals surface area contributed by atoms with Gasteiger partial charge in [0.2, 0.25) is 0 Å². The molecule has 21 heavy (non-hydrogen) atoms. The van der Waals surface area contributed by atoms with Crippen LogP contribution in [0.4, 0.5) is 5.69 Å². The van der Waals surface area contributed by atoms with Crippen LogP contribution in [0.1, 0.15) is 23.7 Å². The molecular weight excluding hydrogens is 292 g/mol. The number of carbonyl (C=O) groups is 1. The van der Waals surface area contributed by atoms with E-state index in [1.165, 1.54) is 21.3 Å². The predicted molar refractivity (Wildman–Crippen MR) is 85.4 cm³/mol. The summed E-state index contributed by atoms with van der Waals surface area (Å²) >= 11 is 5.18. The summed E-state index contributed by atoms with van der Waals surface area (Å²) in [7, 11) is 4.34. The largest absolute Gasteiger partial charge is 0.493 e. The van der Waals surface area contributed by atoms with Crippen molar-refractivity contribution in [2.75, 3.05) is 33.2 Å². The average molecular weight is 312 g/mol. The van der Waals surface area contributed by atoms with Crippen molar-refractivity contribution in [2.45, 2.75) is 13.3 Å². The Bertz CT molecular complexity index is 520. The number of carbonyl (C=O) groups excluding carboxylic acids is 1. The highest BCUT2D eigenvalue weighted by atomic mass is 32.1. The zero-order chi connectivity index (χ0) is 15.8. The molecule has 0 aliphatic carbocycles. The highest BCUT2D eigenvalue weighted by Gasteiger charge is 2.18. The molecule has 1 aromatic rings. The van der Waals surface area contributed by atoms with E-state index in [1.54, 1.807) is 12.1 Å². The van der Waals surface area contributed by atoms with Crippen molar-refractivity contribution < 1.29 is 19.0 Å². The molecule has 0 aliphatic heterocycles. The van der Waals surface area contributed by atoms with Gasteiger partial charge in [-0.3, -0.25) is 0 Å². The molecule has 0 heterocycles. The molecule has 0 atom stereocenters. The Kier molecular flexibility index (Phi) is 6.74.